The molecule has 1 saturated heterocycles. The second kappa shape index (κ2) is 6.93. The number of rotatable bonds is 5. The number of likely N-dealkylation sites (tertiary alicyclic amines) is 1. The number of carboxylic acids is 1. The van der Waals surface area contributed by atoms with Crippen molar-refractivity contribution in [2.45, 2.75) is 31.3 Å². The maximum absolute atomic E-state index is 11.8. The number of carboxylic acid groups (broad SMARTS) is 1. The zero-order valence-corrected chi connectivity index (χ0v) is 10.8. The number of carbonyl (C=O) groups excluding carboxylic acids is 2. The molecule has 8 nitrogen and oxygen atoms in total. The molecule has 1 heterocycles. The summed E-state index contributed by atoms with van der Waals surface area (Å²) in [4.78, 5) is 35.2. The zero-order chi connectivity index (χ0) is 14.4. The Morgan fingerprint density at radius 3 is 2.68 bits per heavy atom. The van der Waals surface area contributed by atoms with Crippen molar-refractivity contribution in [3.8, 4) is 0 Å². The molecule has 0 bridgehead atoms. The SMILES string of the molecule is COC(=O)CC[C@H](NC(=O)N1CCC(N)C1)C(=O)O. The van der Waals surface area contributed by atoms with E-state index in [0.717, 1.165) is 0 Å². The fourth-order valence-electron chi connectivity index (χ4n) is 1.83. The highest BCUT2D eigenvalue weighted by atomic mass is 16.5. The number of nitrogens with one attached hydrogen (secondary N) is 1. The van der Waals surface area contributed by atoms with Crippen LogP contribution in [0.4, 0.5) is 4.79 Å². The van der Waals surface area contributed by atoms with Gasteiger partial charge in [-0.25, -0.2) is 9.59 Å². The van der Waals surface area contributed by atoms with Crippen molar-refractivity contribution in [1.82, 2.24) is 10.2 Å². The molecular weight excluding hydrogens is 254 g/mol. The van der Waals surface area contributed by atoms with Crippen molar-refractivity contribution < 1.29 is 24.2 Å². The maximum atomic E-state index is 11.8. The number of aliphatic carboxylic acids is 1. The van der Waals surface area contributed by atoms with Gasteiger partial charge in [0.05, 0.1) is 7.11 Å². The van der Waals surface area contributed by atoms with Gasteiger partial charge in [0, 0.05) is 25.6 Å². The van der Waals surface area contributed by atoms with Gasteiger partial charge in [0.2, 0.25) is 0 Å². The average Bonchev–Trinajstić information content (AvgIpc) is 2.80. The number of hydrogen-bond donors (Lipinski definition) is 3. The molecule has 108 valence electrons. The van der Waals surface area contributed by atoms with Crippen LogP contribution < -0.4 is 11.1 Å². The predicted molar refractivity (Wildman–Crippen MR) is 65.4 cm³/mol. The Hall–Kier alpha value is -1.83. The van der Waals surface area contributed by atoms with Gasteiger partial charge in [-0.2, -0.15) is 0 Å². The van der Waals surface area contributed by atoms with Crippen LogP contribution in [0.25, 0.3) is 0 Å². The largest absolute Gasteiger partial charge is 0.480 e. The lowest BCUT2D eigenvalue weighted by atomic mass is 10.1. The molecule has 19 heavy (non-hydrogen) atoms. The minimum atomic E-state index is -1.18. The number of nitrogens with two attached hydrogens (primary N) is 1. The second-order valence-electron chi connectivity index (χ2n) is 4.45. The quantitative estimate of drug-likeness (QED) is 0.560. The number of carbonyl (C=O) groups is 3. The summed E-state index contributed by atoms with van der Waals surface area (Å²) in [7, 11) is 1.22. The monoisotopic (exact) mass is 273 g/mol. The Balaban J connectivity index is 2.46. The third-order valence-corrected chi connectivity index (χ3v) is 2.97. The van der Waals surface area contributed by atoms with E-state index in [9.17, 15) is 14.4 Å². The summed E-state index contributed by atoms with van der Waals surface area (Å²) in [6.07, 6.45) is 0.633. The number of amides is 2. The summed E-state index contributed by atoms with van der Waals surface area (Å²) in [5.41, 5.74) is 5.67. The second-order valence-corrected chi connectivity index (χ2v) is 4.45. The molecular formula is C11H19N3O5. The molecule has 1 fully saturated rings. The molecule has 0 spiro atoms. The zero-order valence-electron chi connectivity index (χ0n) is 10.8. The van der Waals surface area contributed by atoms with Crippen molar-refractivity contribution in [3.63, 3.8) is 0 Å². The van der Waals surface area contributed by atoms with E-state index in [1.165, 1.54) is 12.0 Å². The van der Waals surface area contributed by atoms with Crippen molar-refractivity contribution in [3.05, 3.63) is 0 Å². The van der Waals surface area contributed by atoms with Crippen LogP contribution in [-0.4, -0.2) is 60.3 Å². The van der Waals surface area contributed by atoms with Gasteiger partial charge < -0.3 is 25.8 Å². The fraction of sp³-hybridized carbons (Fsp3) is 0.727. The van der Waals surface area contributed by atoms with E-state index in [2.05, 4.69) is 10.1 Å². The molecule has 1 rings (SSSR count). The van der Waals surface area contributed by atoms with Gasteiger partial charge >= 0.3 is 18.0 Å². The summed E-state index contributed by atoms with van der Waals surface area (Å²) in [5.74, 6) is -1.69. The van der Waals surface area contributed by atoms with Crippen LogP contribution >= 0.6 is 0 Å². The number of methoxy groups -OCH3 is 1. The van der Waals surface area contributed by atoms with Crippen molar-refractivity contribution in [1.29, 1.82) is 0 Å². The maximum Gasteiger partial charge on any atom is 0.326 e. The smallest absolute Gasteiger partial charge is 0.326 e. The highest BCUT2D eigenvalue weighted by Gasteiger charge is 2.27. The Morgan fingerprint density at radius 1 is 1.53 bits per heavy atom. The van der Waals surface area contributed by atoms with Crippen molar-refractivity contribution in [2.24, 2.45) is 5.73 Å². The lowest BCUT2D eigenvalue weighted by Crippen LogP contribution is -2.47. The van der Waals surface area contributed by atoms with Gasteiger partial charge in [-0.15, -0.1) is 0 Å². The summed E-state index contributed by atoms with van der Waals surface area (Å²) >= 11 is 0. The van der Waals surface area contributed by atoms with E-state index in [1.54, 1.807) is 0 Å². The van der Waals surface area contributed by atoms with Crippen LogP contribution in [0.5, 0.6) is 0 Å². The molecule has 0 aromatic rings. The standard InChI is InChI=1S/C11H19N3O5/c1-19-9(15)3-2-8(10(16)17)13-11(18)14-5-4-7(12)6-14/h7-8H,2-6,12H2,1H3,(H,13,18)(H,16,17)/t7?,8-/m0/s1. The Bertz CT molecular complexity index is 360. The topological polar surface area (TPSA) is 122 Å². The number of nitrogens with zero attached hydrogens (tertiary/aromatic N) is 1. The van der Waals surface area contributed by atoms with Gasteiger partial charge in [0.25, 0.3) is 0 Å². The first-order chi connectivity index (χ1) is 8.93. The molecule has 0 aromatic heterocycles. The van der Waals surface area contributed by atoms with Crippen LogP contribution in [0.15, 0.2) is 0 Å². The molecule has 0 saturated carbocycles. The van der Waals surface area contributed by atoms with Crippen LogP contribution in [0.3, 0.4) is 0 Å². The summed E-state index contributed by atoms with van der Waals surface area (Å²) in [6, 6.07) is -1.64. The van der Waals surface area contributed by atoms with E-state index in [-0.39, 0.29) is 18.9 Å². The Kier molecular flexibility index (Phi) is 5.56. The molecule has 2 amide bonds. The number of esters is 1. The highest BCUT2D eigenvalue weighted by Crippen LogP contribution is 2.08. The summed E-state index contributed by atoms with van der Waals surface area (Å²) < 4.78 is 4.43. The van der Waals surface area contributed by atoms with Gasteiger partial charge in [-0.05, 0) is 12.8 Å². The lowest BCUT2D eigenvalue weighted by molar-refractivity contribution is -0.142. The average molecular weight is 273 g/mol. The molecule has 2 atom stereocenters. The molecule has 8 heteroatoms. The minimum absolute atomic E-state index is 0.00631. The van der Waals surface area contributed by atoms with Crippen molar-refractivity contribution in [2.75, 3.05) is 20.2 Å². The Labute approximate surface area is 110 Å². The van der Waals surface area contributed by atoms with E-state index in [4.69, 9.17) is 10.8 Å². The van der Waals surface area contributed by atoms with E-state index in [1.807, 2.05) is 0 Å². The van der Waals surface area contributed by atoms with Crippen LogP contribution in [0, 0.1) is 0 Å². The van der Waals surface area contributed by atoms with Crippen LogP contribution in [0.1, 0.15) is 19.3 Å². The number of hydrogen-bond acceptors (Lipinski definition) is 5. The van der Waals surface area contributed by atoms with E-state index < -0.39 is 24.0 Å². The molecule has 1 unspecified atom stereocenters. The fourth-order valence-corrected chi connectivity index (χ4v) is 1.83. The van der Waals surface area contributed by atoms with Gasteiger partial charge in [-0.1, -0.05) is 0 Å². The third kappa shape index (κ3) is 4.74. The molecule has 1 aliphatic heterocycles. The first kappa shape index (κ1) is 15.2. The molecule has 4 N–H and O–H groups in total. The van der Waals surface area contributed by atoms with Crippen molar-refractivity contribution >= 4 is 18.0 Å². The first-order valence-electron chi connectivity index (χ1n) is 6.04. The molecule has 0 radical (unpaired) electrons. The van der Waals surface area contributed by atoms with Crippen LogP contribution in [-0.2, 0) is 14.3 Å². The highest BCUT2D eigenvalue weighted by molar-refractivity contribution is 5.83. The third-order valence-electron chi connectivity index (χ3n) is 2.97. The minimum Gasteiger partial charge on any atom is -0.480 e. The molecule has 1 aliphatic rings. The van der Waals surface area contributed by atoms with E-state index >= 15 is 0 Å². The molecule has 0 aliphatic carbocycles. The van der Waals surface area contributed by atoms with Gasteiger partial charge in [0.1, 0.15) is 6.04 Å². The molecule has 0 aromatic carbocycles. The Morgan fingerprint density at radius 2 is 2.21 bits per heavy atom. The predicted octanol–water partition coefficient (Wildman–Crippen LogP) is -0.865. The summed E-state index contributed by atoms with van der Waals surface area (Å²) in [6.45, 7) is 0.922. The number of ether oxygens (including phenoxy) is 1. The first-order valence-corrected chi connectivity index (χ1v) is 6.04. The number of urea groups is 1. The summed E-state index contributed by atoms with van der Waals surface area (Å²) in [5, 5.41) is 11.4. The normalized spacial score (nSPS) is 19.9. The van der Waals surface area contributed by atoms with E-state index in [0.29, 0.717) is 19.5 Å². The lowest BCUT2D eigenvalue weighted by Gasteiger charge is -2.20. The van der Waals surface area contributed by atoms with Gasteiger partial charge in [0.15, 0.2) is 0 Å². The van der Waals surface area contributed by atoms with Gasteiger partial charge in [-0.3, -0.25) is 4.79 Å². The van der Waals surface area contributed by atoms with Crippen LogP contribution in [0.2, 0.25) is 0 Å².